The van der Waals surface area contributed by atoms with Gasteiger partial charge in [0.1, 0.15) is 0 Å². The number of rotatable bonds is 6. The third-order valence-electron chi connectivity index (χ3n) is 5.51. The van der Waals surface area contributed by atoms with Crippen molar-refractivity contribution < 1.29 is 4.79 Å². The van der Waals surface area contributed by atoms with Crippen molar-refractivity contribution in [3.8, 4) is 0 Å². The Labute approximate surface area is 153 Å². The van der Waals surface area contributed by atoms with Crippen molar-refractivity contribution in [2.75, 3.05) is 53.4 Å². The zero-order valence-electron chi connectivity index (χ0n) is 16.4. The van der Waals surface area contributed by atoms with E-state index in [-0.39, 0.29) is 5.91 Å². The minimum atomic E-state index is 0.160. The largest absolute Gasteiger partial charge is 0.359 e. The van der Waals surface area contributed by atoms with Crippen molar-refractivity contribution in [3.63, 3.8) is 0 Å². The molecule has 2 aliphatic heterocycles. The quantitative estimate of drug-likeness (QED) is 0.563. The summed E-state index contributed by atoms with van der Waals surface area (Å²) in [6, 6.07) is 0. The third kappa shape index (κ3) is 6.84. The molecule has 1 amide bonds. The third-order valence-corrected chi connectivity index (χ3v) is 5.51. The van der Waals surface area contributed by atoms with E-state index in [4.69, 9.17) is 0 Å². The van der Waals surface area contributed by atoms with Gasteiger partial charge in [-0.05, 0) is 50.6 Å². The molecule has 0 aliphatic carbocycles. The van der Waals surface area contributed by atoms with Crippen LogP contribution in [-0.4, -0.2) is 75.0 Å². The van der Waals surface area contributed by atoms with Gasteiger partial charge in [-0.3, -0.25) is 9.79 Å². The van der Waals surface area contributed by atoms with Crippen LogP contribution in [0.2, 0.25) is 0 Å². The van der Waals surface area contributed by atoms with Crippen molar-refractivity contribution in [2.45, 2.75) is 45.4 Å². The molecule has 2 aliphatic rings. The molecule has 0 saturated carbocycles. The number of carbonyl (C=O) groups excluding carboxylic acids is 1. The molecular weight excluding hydrogens is 314 g/mol. The Bertz CT molecular complexity index is 426. The van der Waals surface area contributed by atoms with Gasteiger partial charge in [-0.1, -0.05) is 13.3 Å². The number of likely N-dealkylation sites (tertiary alicyclic amines) is 2. The second-order valence-corrected chi connectivity index (χ2v) is 7.70. The lowest BCUT2D eigenvalue weighted by molar-refractivity contribution is -0.121. The fraction of sp³-hybridized carbons (Fsp3) is 0.895. The highest BCUT2D eigenvalue weighted by Crippen LogP contribution is 2.20. The molecule has 6 nitrogen and oxygen atoms in total. The molecule has 25 heavy (non-hydrogen) atoms. The highest BCUT2D eigenvalue weighted by atomic mass is 16.1. The van der Waals surface area contributed by atoms with Crippen molar-refractivity contribution in [1.29, 1.82) is 0 Å². The Balaban J connectivity index is 1.69. The van der Waals surface area contributed by atoms with Crippen LogP contribution in [0, 0.1) is 11.8 Å². The van der Waals surface area contributed by atoms with Gasteiger partial charge in [-0.15, -0.1) is 0 Å². The average molecular weight is 352 g/mol. The molecule has 1 atom stereocenters. The second-order valence-electron chi connectivity index (χ2n) is 7.70. The van der Waals surface area contributed by atoms with Gasteiger partial charge in [-0.25, -0.2) is 0 Å². The maximum atomic E-state index is 11.5. The molecule has 6 heteroatoms. The zero-order chi connectivity index (χ0) is 18.1. The number of nitrogens with zero attached hydrogens (tertiary/aromatic N) is 3. The molecule has 144 valence electrons. The first-order valence-corrected chi connectivity index (χ1v) is 10.0. The smallest absolute Gasteiger partial charge is 0.220 e. The monoisotopic (exact) mass is 351 g/mol. The van der Waals surface area contributed by atoms with Crippen LogP contribution in [0.4, 0.5) is 0 Å². The lowest BCUT2D eigenvalue weighted by Crippen LogP contribution is -2.47. The predicted octanol–water partition coefficient (Wildman–Crippen LogP) is 1.53. The summed E-state index contributed by atoms with van der Waals surface area (Å²) in [7, 11) is 3.59. The number of guanidine groups is 1. The molecule has 1 unspecified atom stereocenters. The molecule has 0 aromatic heterocycles. The van der Waals surface area contributed by atoms with Crippen LogP contribution in [-0.2, 0) is 4.79 Å². The van der Waals surface area contributed by atoms with Gasteiger partial charge in [0.25, 0.3) is 0 Å². The molecule has 0 aromatic rings. The van der Waals surface area contributed by atoms with E-state index in [9.17, 15) is 4.79 Å². The fourth-order valence-corrected chi connectivity index (χ4v) is 3.96. The molecule has 2 N–H and O–H groups in total. The minimum absolute atomic E-state index is 0.160. The van der Waals surface area contributed by atoms with Crippen LogP contribution >= 0.6 is 0 Å². The van der Waals surface area contributed by atoms with Crippen molar-refractivity contribution in [1.82, 2.24) is 20.4 Å². The summed E-state index contributed by atoms with van der Waals surface area (Å²) in [6.45, 7) is 8.98. The fourth-order valence-electron chi connectivity index (χ4n) is 3.96. The number of hydrogen-bond acceptors (Lipinski definition) is 3. The van der Waals surface area contributed by atoms with E-state index in [1.807, 2.05) is 7.05 Å². The van der Waals surface area contributed by atoms with E-state index in [1.54, 1.807) is 7.05 Å². The summed E-state index contributed by atoms with van der Waals surface area (Å²) in [5, 5.41) is 6.30. The second kappa shape index (κ2) is 10.6. The number of carbonyl (C=O) groups is 1. The summed E-state index contributed by atoms with van der Waals surface area (Å²) < 4.78 is 0. The summed E-state index contributed by atoms with van der Waals surface area (Å²) in [6.07, 6.45) is 6.89. The average Bonchev–Trinajstić information content (AvgIpc) is 2.64. The molecule has 0 radical (unpaired) electrons. The number of aliphatic imine (C=N–C) groups is 1. The highest BCUT2D eigenvalue weighted by molar-refractivity contribution is 5.80. The molecular formula is C19H37N5O. The van der Waals surface area contributed by atoms with Crippen LogP contribution in [0.3, 0.4) is 0 Å². The molecule has 2 saturated heterocycles. The summed E-state index contributed by atoms with van der Waals surface area (Å²) in [4.78, 5) is 20.9. The van der Waals surface area contributed by atoms with E-state index in [0.717, 1.165) is 38.4 Å². The van der Waals surface area contributed by atoms with E-state index in [2.05, 4.69) is 32.3 Å². The van der Waals surface area contributed by atoms with Crippen molar-refractivity contribution in [3.05, 3.63) is 0 Å². The van der Waals surface area contributed by atoms with Crippen molar-refractivity contribution in [2.24, 2.45) is 16.8 Å². The van der Waals surface area contributed by atoms with E-state index in [1.165, 1.54) is 38.9 Å². The first-order valence-electron chi connectivity index (χ1n) is 10.0. The van der Waals surface area contributed by atoms with Gasteiger partial charge in [0.05, 0.1) is 0 Å². The van der Waals surface area contributed by atoms with Crippen LogP contribution in [0.5, 0.6) is 0 Å². The summed E-state index contributed by atoms with van der Waals surface area (Å²) in [5.74, 6) is 2.31. The highest BCUT2D eigenvalue weighted by Gasteiger charge is 2.23. The molecule has 2 heterocycles. The Morgan fingerprint density at radius 1 is 1.16 bits per heavy atom. The van der Waals surface area contributed by atoms with Gasteiger partial charge in [0, 0.05) is 46.7 Å². The molecule has 0 spiro atoms. The Morgan fingerprint density at radius 2 is 1.84 bits per heavy atom. The Morgan fingerprint density at radius 3 is 2.44 bits per heavy atom. The lowest BCUT2D eigenvalue weighted by Gasteiger charge is -2.35. The first kappa shape index (κ1) is 20.0. The topological polar surface area (TPSA) is 60.0 Å². The minimum Gasteiger partial charge on any atom is -0.359 e. The molecule has 0 bridgehead atoms. The van der Waals surface area contributed by atoms with E-state index < -0.39 is 0 Å². The number of amides is 1. The first-order chi connectivity index (χ1) is 12.1. The standard InChI is InChI=1S/C19H37N5O/c1-16(15-23-9-5-4-6-10-23)14-22-19(21-3)24-11-7-17(8-12-24)13-18(25)20-2/h16-17H,4-15H2,1-3H3,(H,20,25)(H,21,22). The van der Waals surface area contributed by atoms with Crippen molar-refractivity contribution >= 4 is 11.9 Å². The van der Waals surface area contributed by atoms with Gasteiger partial charge in [0.2, 0.25) is 5.91 Å². The van der Waals surface area contributed by atoms with Gasteiger partial charge >= 0.3 is 0 Å². The van der Waals surface area contributed by atoms with E-state index >= 15 is 0 Å². The Kier molecular flexibility index (Phi) is 8.52. The van der Waals surface area contributed by atoms with Gasteiger partial charge < -0.3 is 20.4 Å². The number of piperidine rings is 2. The van der Waals surface area contributed by atoms with Crippen LogP contribution in [0.25, 0.3) is 0 Å². The zero-order valence-corrected chi connectivity index (χ0v) is 16.4. The predicted molar refractivity (Wildman–Crippen MR) is 104 cm³/mol. The summed E-state index contributed by atoms with van der Waals surface area (Å²) >= 11 is 0. The molecule has 2 fully saturated rings. The summed E-state index contributed by atoms with van der Waals surface area (Å²) in [5.41, 5.74) is 0. The normalized spacial score (nSPS) is 21.9. The lowest BCUT2D eigenvalue weighted by atomic mass is 9.93. The maximum absolute atomic E-state index is 11.5. The molecule has 2 rings (SSSR count). The van der Waals surface area contributed by atoms with Crippen LogP contribution in [0.15, 0.2) is 4.99 Å². The molecule has 0 aromatic carbocycles. The van der Waals surface area contributed by atoms with Crippen LogP contribution in [0.1, 0.15) is 45.4 Å². The number of nitrogens with one attached hydrogen (secondary N) is 2. The van der Waals surface area contributed by atoms with Gasteiger partial charge in [0.15, 0.2) is 5.96 Å². The number of hydrogen-bond donors (Lipinski definition) is 2. The maximum Gasteiger partial charge on any atom is 0.220 e. The Hall–Kier alpha value is -1.30. The van der Waals surface area contributed by atoms with Gasteiger partial charge in [-0.2, -0.15) is 0 Å². The SMILES string of the molecule is CN=C(NCC(C)CN1CCCCC1)N1CCC(CC(=O)NC)CC1. The van der Waals surface area contributed by atoms with Crippen LogP contribution < -0.4 is 10.6 Å². The van der Waals surface area contributed by atoms with E-state index in [0.29, 0.717) is 18.3 Å².